The molecule has 43 heavy (non-hydrogen) atoms. The van der Waals surface area contributed by atoms with Gasteiger partial charge < -0.3 is 24.9 Å². The van der Waals surface area contributed by atoms with Crippen molar-refractivity contribution in [1.29, 1.82) is 0 Å². The van der Waals surface area contributed by atoms with E-state index < -0.39 is 40.1 Å². The number of hydrogen-bond acceptors (Lipinski definition) is 9. The number of piperidine rings is 1. The van der Waals surface area contributed by atoms with Crippen molar-refractivity contribution >= 4 is 51.1 Å². The Labute approximate surface area is 255 Å². The van der Waals surface area contributed by atoms with Crippen LogP contribution in [0.1, 0.15) is 41.1 Å². The van der Waals surface area contributed by atoms with Gasteiger partial charge in [-0.1, -0.05) is 42.5 Å². The highest BCUT2D eigenvalue weighted by atomic mass is 32.2. The fraction of sp³-hybridized carbons (Fsp3) is 0.355. The quantitative estimate of drug-likeness (QED) is 0.152. The van der Waals surface area contributed by atoms with Crippen molar-refractivity contribution in [2.24, 2.45) is 5.92 Å². The molecule has 226 valence electrons. The van der Waals surface area contributed by atoms with Crippen LogP contribution in [0, 0.1) is 5.92 Å². The van der Waals surface area contributed by atoms with E-state index in [-0.39, 0.29) is 30.6 Å². The second-order valence-corrected chi connectivity index (χ2v) is 12.5. The maximum absolute atomic E-state index is 14.0. The molecule has 0 aliphatic carbocycles. The first-order valence-electron chi connectivity index (χ1n) is 14.2. The maximum Gasteiger partial charge on any atom is 0.266 e. The summed E-state index contributed by atoms with van der Waals surface area (Å²) in [5, 5.41) is 11.1. The van der Waals surface area contributed by atoms with Crippen LogP contribution in [0.3, 0.4) is 0 Å². The summed E-state index contributed by atoms with van der Waals surface area (Å²) in [6, 6.07) is 15.7. The average molecular weight is 622 g/mol. The van der Waals surface area contributed by atoms with Crippen LogP contribution in [0.2, 0.25) is 0 Å². The molecule has 0 spiro atoms. The van der Waals surface area contributed by atoms with Crippen LogP contribution >= 0.6 is 11.3 Å². The Kier molecular flexibility index (Phi) is 10.5. The third-order valence-corrected chi connectivity index (χ3v) is 9.29. The second kappa shape index (κ2) is 14.6. The molecule has 4 aromatic rings. The van der Waals surface area contributed by atoms with Crippen molar-refractivity contribution in [3.8, 4) is 0 Å². The molecule has 3 heterocycles. The van der Waals surface area contributed by atoms with E-state index in [1.807, 2.05) is 41.1 Å². The van der Waals surface area contributed by atoms with Crippen LogP contribution in [0.5, 0.6) is 0 Å². The number of hydrogen-bond donors (Lipinski definition) is 3. The summed E-state index contributed by atoms with van der Waals surface area (Å²) in [6.07, 6.45) is 1.84. The number of Topliss-reactive ketones (excluding diaryl/α,β-unsaturated/α-hetero) is 1. The third-order valence-electron chi connectivity index (χ3n) is 7.63. The van der Waals surface area contributed by atoms with Gasteiger partial charge in [-0.15, -0.1) is 0 Å². The lowest BCUT2D eigenvalue weighted by Crippen LogP contribution is -2.59. The van der Waals surface area contributed by atoms with Gasteiger partial charge >= 0.3 is 0 Å². The molecule has 12 heteroatoms. The van der Waals surface area contributed by atoms with E-state index in [1.54, 1.807) is 30.3 Å². The fourth-order valence-corrected chi connectivity index (χ4v) is 6.66. The van der Waals surface area contributed by atoms with E-state index in [2.05, 4.69) is 20.9 Å². The molecule has 1 aliphatic heterocycles. The predicted octanol–water partition coefficient (Wildman–Crippen LogP) is 3.16. The molecule has 0 bridgehead atoms. The number of benzene rings is 2. The molecule has 0 radical (unpaired) electrons. The van der Waals surface area contributed by atoms with Gasteiger partial charge in [0.05, 0.1) is 11.3 Å². The van der Waals surface area contributed by atoms with Gasteiger partial charge in [-0.05, 0) is 96.4 Å². The van der Waals surface area contributed by atoms with Gasteiger partial charge in [-0.25, -0.2) is 4.98 Å². The minimum Gasteiger partial charge on any atom is -0.772 e. The Morgan fingerprint density at radius 2 is 1.77 bits per heavy atom. The number of rotatable bonds is 13. The van der Waals surface area contributed by atoms with Crippen molar-refractivity contribution in [3.63, 3.8) is 0 Å². The van der Waals surface area contributed by atoms with Crippen molar-refractivity contribution in [2.75, 3.05) is 13.1 Å². The standard InChI is InChI=1S/C31H34N4O6S2/c36-28(31-34-23-8-4-5-9-25(23)41-31)24(11-10-20-6-2-1-3-7-20)33-30(38)27(35-29(37)22-12-15-32-16-13-22)26(43(39)40)18-21-14-17-42-19-21/h1-9,14,17,19,22,24,26-27,32H,10-13,15-16,18H2,(H,33,38)(H,35,37)(H,39,40)/p-1. The highest BCUT2D eigenvalue weighted by molar-refractivity contribution is 7.79. The highest BCUT2D eigenvalue weighted by Gasteiger charge is 2.36. The topological polar surface area (TPSA) is 153 Å². The molecule has 10 nitrogen and oxygen atoms in total. The monoisotopic (exact) mass is 621 g/mol. The lowest BCUT2D eigenvalue weighted by atomic mass is 9.96. The van der Waals surface area contributed by atoms with Crippen molar-refractivity contribution < 1.29 is 27.6 Å². The number of oxazole rings is 1. The predicted molar refractivity (Wildman–Crippen MR) is 163 cm³/mol. The van der Waals surface area contributed by atoms with Gasteiger partial charge in [-0.3, -0.25) is 18.6 Å². The minimum absolute atomic E-state index is 0.0258. The van der Waals surface area contributed by atoms with Crippen LogP contribution in [-0.4, -0.2) is 61.8 Å². The van der Waals surface area contributed by atoms with E-state index in [4.69, 9.17) is 4.42 Å². The number of carbonyl (C=O) groups is 3. The van der Waals surface area contributed by atoms with Crippen LogP contribution in [0.15, 0.2) is 75.8 Å². The van der Waals surface area contributed by atoms with Crippen LogP contribution in [0.4, 0.5) is 0 Å². The smallest absolute Gasteiger partial charge is 0.266 e. The average Bonchev–Trinajstić information content (AvgIpc) is 3.71. The lowest BCUT2D eigenvalue weighted by molar-refractivity contribution is -0.131. The number of nitrogens with one attached hydrogen (secondary N) is 3. The number of thiophene rings is 1. The largest absolute Gasteiger partial charge is 0.772 e. The SMILES string of the molecule is O=C(NC(C(=O)NC(CCc1ccccc1)C(=O)c1nc2ccccc2o1)C(Cc1ccsc1)S(=O)[O-])C1CCNCC1. The Hall–Kier alpha value is -3.71. The molecule has 1 fully saturated rings. The zero-order valence-electron chi connectivity index (χ0n) is 23.4. The number of nitrogens with zero attached hydrogens (tertiary/aromatic N) is 1. The summed E-state index contributed by atoms with van der Waals surface area (Å²) in [4.78, 5) is 45.3. The van der Waals surface area contributed by atoms with Crippen LogP contribution < -0.4 is 16.0 Å². The molecule has 4 unspecified atom stereocenters. The molecule has 0 saturated carbocycles. The molecular weight excluding hydrogens is 588 g/mol. The number of amides is 2. The molecular formula is C31H33N4O6S2-. The summed E-state index contributed by atoms with van der Waals surface area (Å²) in [6.45, 7) is 1.31. The molecule has 2 amide bonds. The van der Waals surface area contributed by atoms with Gasteiger partial charge in [0.2, 0.25) is 17.6 Å². The Morgan fingerprint density at radius 3 is 2.47 bits per heavy atom. The number of ketones is 1. The summed E-state index contributed by atoms with van der Waals surface area (Å²) in [7, 11) is 0. The van der Waals surface area contributed by atoms with Gasteiger partial charge in [0, 0.05) is 5.92 Å². The van der Waals surface area contributed by atoms with Crippen LogP contribution in [0.25, 0.3) is 11.1 Å². The Bertz CT molecular complexity index is 1520. The summed E-state index contributed by atoms with van der Waals surface area (Å²) in [5.41, 5.74) is 2.63. The summed E-state index contributed by atoms with van der Waals surface area (Å²) in [5.74, 6) is -2.19. The highest BCUT2D eigenvalue weighted by Crippen LogP contribution is 2.20. The van der Waals surface area contributed by atoms with Crippen molar-refractivity contribution in [2.45, 2.75) is 49.4 Å². The summed E-state index contributed by atoms with van der Waals surface area (Å²) < 4.78 is 30.8. The minimum atomic E-state index is -2.71. The Morgan fingerprint density at radius 1 is 1.02 bits per heavy atom. The molecule has 3 N–H and O–H groups in total. The first kappa shape index (κ1) is 30.7. The number of fused-ring (bicyclic) bond motifs is 1. The molecule has 1 aliphatic rings. The number of aromatic nitrogens is 1. The van der Waals surface area contributed by atoms with Crippen molar-refractivity contribution in [1.82, 2.24) is 20.9 Å². The van der Waals surface area contributed by atoms with Crippen molar-refractivity contribution in [3.05, 3.63) is 88.4 Å². The van der Waals surface area contributed by atoms with E-state index in [0.717, 1.165) is 11.1 Å². The molecule has 2 aromatic carbocycles. The number of carbonyl (C=O) groups excluding carboxylic acids is 3. The van der Waals surface area contributed by atoms with Gasteiger partial charge in [0.15, 0.2) is 5.58 Å². The van der Waals surface area contributed by atoms with Gasteiger partial charge in [0.25, 0.3) is 5.89 Å². The van der Waals surface area contributed by atoms with Gasteiger partial charge in [-0.2, -0.15) is 11.3 Å². The van der Waals surface area contributed by atoms with E-state index in [9.17, 15) is 23.1 Å². The lowest BCUT2D eigenvalue weighted by Gasteiger charge is -2.32. The van der Waals surface area contributed by atoms with Crippen LogP contribution in [-0.2, 0) is 33.5 Å². The molecule has 2 aromatic heterocycles. The van der Waals surface area contributed by atoms with E-state index in [1.165, 1.54) is 11.3 Å². The fourth-order valence-electron chi connectivity index (χ4n) is 5.23. The first-order chi connectivity index (χ1) is 20.9. The molecule has 1 saturated heterocycles. The van der Waals surface area contributed by atoms with E-state index in [0.29, 0.717) is 43.5 Å². The Balaban J connectivity index is 1.42. The molecule has 5 rings (SSSR count). The molecule has 4 atom stereocenters. The zero-order valence-corrected chi connectivity index (χ0v) is 25.0. The van der Waals surface area contributed by atoms with Gasteiger partial charge in [0.1, 0.15) is 11.6 Å². The van der Waals surface area contributed by atoms with E-state index >= 15 is 0 Å². The zero-order chi connectivity index (χ0) is 30.2. The number of aryl methyl sites for hydroxylation is 1. The number of para-hydroxylation sites is 2. The summed E-state index contributed by atoms with van der Waals surface area (Å²) >= 11 is -1.30. The maximum atomic E-state index is 14.0. The third kappa shape index (κ3) is 8.02. The second-order valence-electron chi connectivity index (χ2n) is 10.6. The first-order valence-corrected chi connectivity index (χ1v) is 16.3. The normalized spacial score (nSPS) is 16.7.